The quantitative estimate of drug-likeness (QED) is 0.854. The first-order chi connectivity index (χ1) is 9.56. The van der Waals surface area contributed by atoms with Crippen molar-refractivity contribution >= 4 is 5.91 Å². The molecule has 110 valence electrons. The van der Waals surface area contributed by atoms with Gasteiger partial charge in [-0.2, -0.15) is 0 Å². The van der Waals surface area contributed by atoms with Crippen molar-refractivity contribution in [3.63, 3.8) is 0 Å². The first-order valence-corrected chi connectivity index (χ1v) is 6.83. The summed E-state index contributed by atoms with van der Waals surface area (Å²) in [4.78, 5) is 14.2. The van der Waals surface area contributed by atoms with Gasteiger partial charge >= 0.3 is 0 Å². The Kier molecular flexibility index (Phi) is 4.60. The van der Waals surface area contributed by atoms with Crippen molar-refractivity contribution in [2.24, 2.45) is 0 Å². The molecule has 1 aliphatic heterocycles. The number of hydrogen-bond acceptors (Lipinski definition) is 3. The topological polar surface area (TPSA) is 38.8 Å². The number of ether oxygens (including phenoxy) is 2. The van der Waals surface area contributed by atoms with Gasteiger partial charge in [-0.3, -0.25) is 4.79 Å². The molecular formula is C15H20FNO3. The van der Waals surface area contributed by atoms with E-state index < -0.39 is 5.82 Å². The Morgan fingerprint density at radius 3 is 2.90 bits per heavy atom. The van der Waals surface area contributed by atoms with E-state index in [-0.39, 0.29) is 23.6 Å². The zero-order chi connectivity index (χ0) is 14.7. The molecule has 1 saturated heterocycles. The molecule has 1 heterocycles. The molecule has 4 nitrogen and oxygen atoms in total. The number of carbonyl (C=O) groups is 1. The molecule has 0 spiro atoms. The van der Waals surface area contributed by atoms with Gasteiger partial charge in [0.05, 0.1) is 31.4 Å². The monoisotopic (exact) mass is 281 g/mol. The van der Waals surface area contributed by atoms with E-state index in [1.807, 2.05) is 13.8 Å². The highest BCUT2D eigenvalue weighted by molar-refractivity contribution is 5.95. The van der Waals surface area contributed by atoms with Crippen LogP contribution in [0.4, 0.5) is 4.39 Å². The lowest BCUT2D eigenvalue weighted by Gasteiger charge is -2.38. The van der Waals surface area contributed by atoms with E-state index in [2.05, 4.69) is 0 Å². The molecule has 1 fully saturated rings. The van der Waals surface area contributed by atoms with Crippen LogP contribution in [0.15, 0.2) is 18.2 Å². The fraction of sp³-hybridized carbons (Fsp3) is 0.533. The van der Waals surface area contributed by atoms with Gasteiger partial charge in [0.25, 0.3) is 5.91 Å². The lowest BCUT2D eigenvalue weighted by atomic mass is 10.1. The van der Waals surface area contributed by atoms with Crippen LogP contribution >= 0.6 is 0 Å². The normalized spacial score (nSPS) is 22.7. The second-order valence-electron chi connectivity index (χ2n) is 5.01. The van der Waals surface area contributed by atoms with Gasteiger partial charge < -0.3 is 14.4 Å². The standard InChI is InChI=1S/C15H20FNO3/c1-4-11-9-20-10(2)8-17(11)15(18)13-6-5-12(19-3)7-14(13)16/h5-7,10-11H,4,8-9H2,1-3H3. The summed E-state index contributed by atoms with van der Waals surface area (Å²) in [6, 6.07) is 4.31. The van der Waals surface area contributed by atoms with Crippen LogP contribution in [0.2, 0.25) is 0 Å². The van der Waals surface area contributed by atoms with Crippen LogP contribution < -0.4 is 4.74 Å². The number of nitrogens with zero attached hydrogens (tertiary/aromatic N) is 1. The second-order valence-corrected chi connectivity index (χ2v) is 5.01. The molecular weight excluding hydrogens is 261 g/mol. The van der Waals surface area contributed by atoms with Crippen LogP contribution in [0.1, 0.15) is 30.6 Å². The minimum absolute atomic E-state index is 0.000187. The predicted octanol–water partition coefficient (Wildman–Crippen LogP) is 2.47. The fourth-order valence-electron chi connectivity index (χ4n) is 2.38. The Bertz CT molecular complexity index is 492. The average Bonchev–Trinajstić information content (AvgIpc) is 2.46. The zero-order valence-corrected chi connectivity index (χ0v) is 12.1. The van der Waals surface area contributed by atoms with Crippen LogP contribution in [0.25, 0.3) is 0 Å². The van der Waals surface area contributed by atoms with Gasteiger partial charge in [-0.05, 0) is 25.5 Å². The van der Waals surface area contributed by atoms with Gasteiger partial charge in [0.1, 0.15) is 11.6 Å². The molecule has 20 heavy (non-hydrogen) atoms. The lowest BCUT2D eigenvalue weighted by Crippen LogP contribution is -2.51. The lowest BCUT2D eigenvalue weighted by molar-refractivity contribution is -0.0445. The molecule has 5 heteroatoms. The van der Waals surface area contributed by atoms with E-state index in [4.69, 9.17) is 9.47 Å². The third-order valence-corrected chi connectivity index (χ3v) is 3.61. The minimum Gasteiger partial charge on any atom is -0.497 e. The van der Waals surface area contributed by atoms with Crippen LogP contribution in [0, 0.1) is 5.82 Å². The van der Waals surface area contributed by atoms with E-state index >= 15 is 0 Å². The average molecular weight is 281 g/mol. The van der Waals surface area contributed by atoms with Gasteiger partial charge in [0.2, 0.25) is 0 Å². The van der Waals surface area contributed by atoms with Crippen molar-refractivity contribution in [1.82, 2.24) is 4.90 Å². The van der Waals surface area contributed by atoms with E-state index in [1.165, 1.54) is 19.2 Å². The minimum atomic E-state index is -0.552. The van der Waals surface area contributed by atoms with Crippen LogP contribution in [-0.2, 0) is 4.74 Å². The van der Waals surface area contributed by atoms with Crippen molar-refractivity contribution in [2.75, 3.05) is 20.3 Å². The Hall–Kier alpha value is -1.62. The molecule has 1 amide bonds. The van der Waals surface area contributed by atoms with E-state index in [1.54, 1.807) is 11.0 Å². The third kappa shape index (κ3) is 2.93. The summed E-state index contributed by atoms with van der Waals surface area (Å²) in [5, 5.41) is 0. The largest absolute Gasteiger partial charge is 0.497 e. The highest BCUT2D eigenvalue weighted by Crippen LogP contribution is 2.22. The molecule has 0 aliphatic carbocycles. The Labute approximate surface area is 118 Å². The highest BCUT2D eigenvalue weighted by atomic mass is 19.1. The third-order valence-electron chi connectivity index (χ3n) is 3.61. The van der Waals surface area contributed by atoms with Crippen molar-refractivity contribution in [2.45, 2.75) is 32.4 Å². The van der Waals surface area contributed by atoms with Crippen molar-refractivity contribution < 1.29 is 18.7 Å². The summed E-state index contributed by atoms with van der Waals surface area (Å²) in [6.07, 6.45) is 0.763. The van der Waals surface area contributed by atoms with Gasteiger partial charge in [-0.25, -0.2) is 4.39 Å². The molecule has 0 N–H and O–H groups in total. The maximum atomic E-state index is 14.0. The van der Waals surface area contributed by atoms with Crippen molar-refractivity contribution in [3.8, 4) is 5.75 Å². The summed E-state index contributed by atoms with van der Waals surface area (Å²) in [5.74, 6) is -0.433. The number of benzene rings is 1. The summed E-state index contributed by atoms with van der Waals surface area (Å²) in [6.45, 7) is 4.90. The van der Waals surface area contributed by atoms with Gasteiger partial charge in [-0.1, -0.05) is 6.92 Å². The number of carbonyl (C=O) groups excluding carboxylic acids is 1. The van der Waals surface area contributed by atoms with E-state index in [0.29, 0.717) is 18.9 Å². The second kappa shape index (κ2) is 6.22. The maximum Gasteiger partial charge on any atom is 0.257 e. The molecule has 0 aromatic heterocycles. The summed E-state index contributed by atoms with van der Waals surface area (Å²) in [5.41, 5.74) is 0.0818. The maximum absolute atomic E-state index is 14.0. The first kappa shape index (κ1) is 14.8. The smallest absolute Gasteiger partial charge is 0.257 e. The Balaban J connectivity index is 2.24. The first-order valence-electron chi connectivity index (χ1n) is 6.83. The van der Waals surface area contributed by atoms with Crippen molar-refractivity contribution in [1.29, 1.82) is 0 Å². The van der Waals surface area contributed by atoms with Crippen LogP contribution in [0.3, 0.4) is 0 Å². The fourth-order valence-corrected chi connectivity index (χ4v) is 2.38. The van der Waals surface area contributed by atoms with E-state index in [9.17, 15) is 9.18 Å². The summed E-state index contributed by atoms with van der Waals surface area (Å²) >= 11 is 0. The van der Waals surface area contributed by atoms with Gasteiger partial charge in [0.15, 0.2) is 0 Å². The molecule has 0 bridgehead atoms. The highest BCUT2D eigenvalue weighted by Gasteiger charge is 2.31. The van der Waals surface area contributed by atoms with Gasteiger partial charge in [0, 0.05) is 12.6 Å². The molecule has 0 radical (unpaired) electrons. The molecule has 2 atom stereocenters. The number of methoxy groups -OCH3 is 1. The number of amides is 1. The van der Waals surface area contributed by atoms with E-state index in [0.717, 1.165) is 6.42 Å². The zero-order valence-electron chi connectivity index (χ0n) is 12.1. The molecule has 2 rings (SSSR count). The molecule has 1 aliphatic rings. The number of hydrogen-bond donors (Lipinski definition) is 0. The van der Waals surface area contributed by atoms with Crippen LogP contribution in [-0.4, -0.2) is 43.2 Å². The number of morpholine rings is 1. The van der Waals surface area contributed by atoms with Crippen molar-refractivity contribution in [3.05, 3.63) is 29.6 Å². The SMILES string of the molecule is CCC1COC(C)CN1C(=O)c1ccc(OC)cc1F. The Morgan fingerprint density at radius 1 is 1.55 bits per heavy atom. The van der Waals surface area contributed by atoms with Crippen LogP contribution in [0.5, 0.6) is 5.75 Å². The molecule has 1 aromatic carbocycles. The molecule has 2 unspecified atom stereocenters. The number of halogens is 1. The molecule has 1 aromatic rings. The number of rotatable bonds is 3. The summed E-state index contributed by atoms with van der Waals surface area (Å²) < 4.78 is 24.5. The molecule has 0 saturated carbocycles. The summed E-state index contributed by atoms with van der Waals surface area (Å²) in [7, 11) is 1.47. The Morgan fingerprint density at radius 2 is 2.30 bits per heavy atom. The van der Waals surface area contributed by atoms with Gasteiger partial charge in [-0.15, -0.1) is 0 Å². The predicted molar refractivity (Wildman–Crippen MR) is 73.5 cm³/mol.